The van der Waals surface area contributed by atoms with Gasteiger partial charge in [0.2, 0.25) is 0 Å². The molecule has 1 fully saturated rings. The molecule has 0 unspecified atom stereocenters. The predicted molar refractivity (Wildman–Crippen MR) is 67.4 cm³/mol. The second-order valence-electron chi connectivity index (χ2n) is 4.55. The van der Waals surface area contributed by atoms with Crippen LogP contribution in [-0.2, 0) is 9.59 Å². The Hall–Kier alpha value is -1.32. The zero-order valence-corrected chi connectivity index (χ0v) is 10.3. The molecule has 0 aromatic carbocycles. The first-order valence-corrected chi connectivity index (χ1v) is 6.41. The summed E-state index contributed by atoms with van der Waals surface area (Å²) >= 11 is 0. The van der Waals surface area contributed by atoms with E-state index in [4.69, 9.17) is 0 Å². The Balaban J connectivity index is 2.10. The lowest BCUT2D eigenvalue weighted by molar-refractivity contribution is -0.139. The molecule has 2 amide bonds. The number of carbonyl (C=O) groups excluding carboxylic acids is 2. The van der Waals surface area contributed by atoms with E-state index in [1.807, 2.05) is 0 Å². The highest BCUT2D eigenvalue weighted by Crippen LogP contribution is 2.25. The highest BCUT2D eigenvalue weighted by molar-refractivity contribution is 6.35. The van der Waals surface area contributed by atoms with Gasteiger partial charge in [0.15, 0.2) is 0 Å². The number of carbonyl (C=O) groups is 2. The molecule has 0 radical (unpaired) electrons. The summed E-state index contributed by atoms with van der Waals surface area (Å²) in [4.78, 5) is 22.5. The van der Waals surface area contributed by atoms with Crippen molar-refractivity contribution in [3.8, 4) is 0 Å². The van der Waals surface area contributed by atoms with Gasteiger partial charge < -0.3 is 10.6 Å². The fourth-order valence-electron chi connectivity index (χ4n) is 2.19. The molecule has 1 rings (SSSR count). The molecular formula is C13H22N2O2. The van der Waals surface area contributed by atoms with Crippen LogP contribution in [0, 0.1) is 5.92 Å². The van der Waals surface area contributed by atoms with Gasteiger partial charge in [0.1, 0.15) is 0 Å². The van der Waals surface area contributed by atoms with Crippen molar-refractivity contribution in [2.24, 2.45) is 5.92 Å². The lowest BCUT2D eigenvalue weighted by Crippen LogP contribution is -2.40. The Morgan fingerprint density at radius 2 is 1.76 bits per heavy atom. The van der Waals surface area contributed by atoms with E-state index in [1.165, 1.54) is 32.1 Å². The summed E-state index contributed by atoms with van der Waals surface area (Å²) in [5.74, 6) is -0.392. The maximum absolute atomic E-state index is 11.3. The molecular weight excluding hydrogens is 216 g/mol. The first-order chi connectivity index (χ1) is 8.24. The van der Waals surface area contributed by atoms with Crippen molar-refractivity contribution in [1.82, 2.24) is 10.6 Å². The SMILES string of the molecule is C=CCNC(=O)C(=O)NCCC1CCCCC1. The fourth-order valence-corrected chi connectivity index (χ4v) is 2.19. The lowest BCUT2D eigenvalue weighted by atomic mass is 9.87. The topological polar surface area (TPSA) is 58.2 Å². The molecule has 0 saturated heterocycles. The summed E-state index contributed by atoms with van der Waals surface area (Å²) in [6.07, 6.45) is 9.01. The third-order valence-corrected chi connectivity index (χ3v) is 3.18. The Morgan fingerprint density at radius 1 is 1.12 bits per heavy atom. The zero-order chi connectivity index (χ0) is 12.5. The van der Waals surface area contributed by atoms with Crippen LogP contribution in [0.5, 0.6) is 0 Å². The van der Waals surface area contributed by atoms with Gasteiger partial charge in [-0.15, -0.1) is 6.58 Å². The van der Waals surface area contributed by atoms with E-state index in [0.717, 1.165) is 12.3 Å². The van der Waals surface area contributed by atoms with Crippen LogP contribution < -0.4 is 10.6 Å². The first kappa shape index (κ1) is 13.7. The van der Waals surface area contributed by atoms with Crippen molar-refractivity contribution < 1.29 is 9.59 Å². The second kappa shape index (κ2) is 7.87. The first-order valence-electron chi connectivity index (χ1n) is 6.41. The van der Waals surface area contributed by atoms with Gasteiger partial charge in [-0.05, 0) is 12.3 Å². The maximum Gasteiger partial charge on any atom is 0.309 e. The van der Waals surface area contributed by atoms with E-state index in [-0.39, 0.29) is 0 Å². The Bertz CT molecular complexity index is 271. The van der Waals surface area contributed by atoms with Crippen LogP contribution >= 0.6 is 0 Å². The predicted octanol–water partition coefficient (Wildman–Crippen LogP) is 1.38. The lowest BCUT2D eigenvalue weighted by Gasteiger charge is -2.21. The van der Waals surface area contributed by atoms with Crippen LogP contribution in [0.25, 0.3) is 0 Å². The number of rotatable bonds is 5. The smallest absolute Gasteiger partial charge is 0.309 e. The molecule has 1 saturated carbocycles. The summed E-state index contributed by atoms with van der Waals surface area (Å²) in [5, 5.41) is 5.10. The molecule has 17 heavy (non-hydrogen) atoms. The largest absolute Gasteiger partial charge is 0.348 e. The van der Waals surface area contributed by atoms with Crippen molar-refractivity contribution in [1.29, 1.82) is 0 Å². The van der Waals surface area contributed by atoms with Crippen LogP contribution in [0.3, 0.4) is 0 Å². The molecule has 1 aliphatic carbocycles. The summed E-state index contributed by atoms with van der Waals surface area (Å²) in [6.45, 7) is 4.40. The molecule has 0 spiro atoms. The van der Waals surface area contributed by atoms with Crippen molar-refractivity contribution in [3.63, 3.8) is 0 Å². The average molecular weight is 238 g/mol. The molecule has 0 aliphatic heterocycles. The van der Waals surface area contributed by atoms with Gasteiger partial charge in [-0.1, -0.05) is 38.2 Å². The van der Waals surface area contributed by atoms with Gasteiger partial charge in [-0.3, -0.25) is 9.59 Å². The van der Waals surface area contributed by atoms with Crippen LogP contribution in [0.1, 0.15) is 38.5 Å². The Kier molecular flexibility index (Phi) is 6.37. The van der Waals surface area contributed by atoms with Crippen LogP contribution in [0.4, 0.5) is 0 Å². The normalized spacial score (nSPS) is 16.2. The molecule has 2 N–H and O–H groups in total. The molecule has 0 atom stereocenters. The maximum atomic E-state index is 11.3. The van der Waals surface area contributed by atoms with Crippen molar-refractivity contribution in [2.45, 2.75) is 38.5 Å². The minimum atomic E-state index is -0.575. The standard InChI is InChI=1S/C13H22N2O2/c1-2-9-14-12(16)13(17)15-10-8-11-6-4-3-5-7-11/h2,11H,1,3-10H2,(H,14,16)(H,15,17). The average Bonchev–Trinajstić information content (AvgIpc) is 2.37. The molecule has 0 aromatic heterocycles. The van der Waals surface area contributed by atoms with Crippen molar-refractivity contribution >= 4 is 11.8 Å². The van der Waals surface area contributed by atoms with Gasteiger partial charge in [0.05, 0.1) is 0 Å². The van der Waals surface area contributed by atoms with Crippen LogP contribution in [0.2, 0.25) is 0 Å². The minimum absolute atomic E-state index is 0.328. The zero-order valence-electron chi connectivity index (χ0n) is 10.3. The molecule has 0 aromatic rings. The second-order valence-corrected chi connectivity index (χ2v) is 4.55. The van der Waals surface area contributed by atoms with Gasteiger partial charge in [-0.2, -0.15) is 0 Å². The quantitative estimate of drug-likeness (QED) is 0.561. The van der Waals surface area contributed by atoms with E-state index in [0.29, 0.717) is 13.1 Å². The highest BCUT2D eigenvalue weighted by Gasteiger charge is 2.15. The number of hydrogen-bond donors (Lipinski definition) is 2. The Labute approximate surface area is 103 Å². The summed E-state index contributed by atoms with van der Waals surface area (Å²) in [5.41, 5.74) is 0. The van der Waals surface area contributed by atoms with E-state index in [2.05, 4.69) is 17.2 Å². The van der Waals surface area contributed by atoms with E-state index < -0.39 is 11.8 Å². The fraction of sp³-hybridized carbons (Fsp3) is 0.692. The molecule has 1 aliphatic rings. The van der Waals surface area contributed by atoms with Crippen LogP contribution in [0.15, 0.2) is 12.7 Å². The van der Waals surface area contributed by atoms with Gasteiger partial charge in [0.25, 0.3) is 0 Å². The molecule has 4 nitrogen and oxygen atoms in total. The molecule has 0 heterocycles. The van der Waals surface area contributed by atoms with Crippen LogP contribution in [-0.4, -0.2) is 24.9 Å². The number of hydrogen-bond acceptors (Lipinski definition) is 2. The monoisotopic (exact) mass is 238 g/mol. The van der Waals surface area contributed by atoms with E-state index in [9.17, 15) is 9.59 Å². The summed E-state index contributed by atoms with van der Waals surface area (Å²) < 4.78 is 0. The van der Waals surface area contributed by atoms with Gasteiger partial charge >= 0.3 is 11.8 Å². The van der Waals surface area contributed by atoms with Crippen molar-refractivity contribution in [3.05, 3.63) is 12.7 Å². The van der Waals surface area contributed by atoms with E-state index >= 15 is 0 Å². The number of amides is 2. The third kappa shape index (κ3) is 5.52. The third-order valence-electron chi connectivity index (χ3n) is 3.18. The van der Waals surface area contributed by atoms with Crippen molar-refractivity contribution in [2.75, 3.05) is 13.1 Å². The van der Waals surface area contributed by atoms with Gasteiger partial charge in [-0.25, -0.2) is 0 Å². The minimum Gasteiger partial charge on any atom is -0.348 e. The summed E-state index contributed by atoms with van der Waals surface area (Å²) in [6, 6.07) is 0. The Morgan fingerprint density at radius 3 is 2.41 bits per heavy atom. The molecule has 0 bridgehead atoms. The van der Waals surface area contributed by atoms with Gasteiger partial charge in [0, 0.05) is 13.1 Å². The summed E-state index contributed by atoms with van der Waals surface area (Å²) in [7, 11) is 0. The number of nitrogens with one attached hydrogen (secondary N) is 2. The highest BCUT2D eigenvalue weighted by atomic mass is 16.2. The molecule has 96 valence electrons. The van der Waals surface area contributed by atoms with E-state index in [1.54, 1.807) is 6.08 Å². The molecule has 4 heteroatoms.